The molecular weight excluding hydrogens is 404 g/mol. The Kier molecular flexibility index (Phi) is 4.39. The quantitative estimate of drug-likeness (QED) is 0.420. The van der Waals surface area contributed by atoms with Crippen molar-refractivity contribution < 1.29 is 0 Å². The molecule has 0 bridgehead atoms. The predicted octanol–water partition coefficient (Wildman–Crippen LogP) is 9.05. The van der Waals surface area contributed by atoms with Crippen LogP contribution in [0.1, 0.15) is 115 Å². The molecule has 0 radical (unpaired) electrons. The average Bonchev–Trinajstić information content (AvgIpc) is 3.72. The molecule has 2 aromatic rings. The number of benzene rings is 2. The van der Waals surface area contributed by atoms with Gasteiger partial charge in [-0.05, 0) is 102 Å². The number of hydrogen-bond donors (Lipinski definition) is 0. The summed E-state index contributed by atoms with van der Waals surface area (Å²) in [5.74, 6) is 4.61. The zero-order valence-corrected chi connectivity index (χ0v) is 20.5. The summed E-state index contributed by atoms with van der Waals surface area (Å²) in [6, 6.07) is 14.7. The molecule has 1 heterocycles. The van der Waals surface area contributed by atoms with E-state index in [-0.39, 0.29) is 0 Å². The monoisotopic (exact) mass is 440 g/mol. The van der Waals surface area contributed by atoms with Gasteiger partial charge in [0.05, 0.1) is 0 Å². The Morgan fingerprint density at radius 1 is 0.656 bits per heavy atom. The summed E-state index contributed by atoms with van der Waals surface area (Å²) in [6.07, 6.45) is 14.8. The van der Waals surface area contributed by atoms with Crippen LogP contribution in [-0.2, 0) is 0 Å². The van der Waals surface area contributed by atoms with Gasteiger partial charge in [-0.25, -0.2) is 10.0 Å². The van der Waals surface area contributed by atoms with E-state index in [1.165, 1.54) is 56.5 Å². The molecule has 32 heavy (non-hydrogen) atoms. The highest BCUT2D eigenvalue weighted by Crippen LogP contribution is 2.81. The molecule has 0 spiro atoms. The maximum Gasteiger partial charge on any atom is 0.0368 e. The first kappa shape index (κ1) is 19.7. The van der Waals surface area contributed by atoms with Crippen molar-refractivity contribution in [3.63, 3.8) is 0 Å². The molecule has 1 saturated heterocycles. The maximum atomic E-state index is 2.66. The SMILES string of the molecule is CCC1=Cc2c(C3CC3)cccc2C1S1(C2C(CC)=Cc3c(C4CC4)cccc32)CCC1. The summed E-state index contributed by atoms with van der Waals surface area (Å²) in [5, 5.41) is 1.40. The van der Waals surface area contributed by atoms with E-state index < -0.39 is 10.0 Å². The fraction of sp³-hybridized carbons (Fsp3) is 0.484. The van der Waals surface area contributed by atoms with Crippen molar-refractivity contribution in [3.8, 4) is 0 Å². The zero-order valence-electron chi connectivity index (χ0n) is 19.7. The lowest BCUT2D eigenvalue weighted by Crippen LogP contribution is -2.32. The second kappa shape index (κ2) is 7.13. The van der Waals surface area contributed by atoms with E-state index in [2.05, 4.69) is 62.4 Å². The Morgan fingerprint density at radius 3 is 1.44 bits per heavy atom. The Morgan fingerprint density at radius 2 is 1.09 bits per heavy atom. The first-order chi connectivity index (χ1) is 15.7. The first-order valence-electron chi connectivity index (χ1n) is 13.2. The van der Waals surface area contributed by atoms with E-state index in [1.807, 2.05) is 0 Å². The highest BCUT2D eigenvalue weighted by Gasteiger charge is 2.52. The standard InChI is InChI=1S/C31H36S/c1-3-20-18-28-24(22-12-13-22)8-5-10-26(28)30(20)32(16-7-17-32)31-21(4-2)19-29-25(23-14-15-23)9-6-11-27(29)31/h5-6,8-11,18-19,22-23,30-31H,3-4,7,12-17H2,1-2H3. The molecule has 7 rings (SSSR count). The zero-order chi connectivity index (χ0) is 21.4. The molecular formula is C31H36S. The van der Waals surface area contributed by atoms with Crippen LogP contribution in [0.2, 0.25) is 0 Å². The third kappa shape index (κ3) is 2.70. The van der Waals surface area contributed by atoms with E-state index in [4.69, 9.17) is 0 Å². The van der Waals surface area contributed by atoms with Gasteiger partial charge in [0.25, 0.3) is 0 Å². The molecule has 0 aromatic heterocycles. The Balaban J connectivity index is 1.39. The van der Waals surface area contributed by atoms with Crippen LogP contribution in [0.5, 0.6) is 0 Å². The smallest absolute Gasteiger partial charge is 0.0368 e. The molecule has 2 saturated carbocycles. The molecule has 1 heteroatoms. The molecule has 1 aliphatic heterocycles. The highest BCUT2D eigenvalue weighted by atomic mass is 32.3. The minimum absolute atomic E-state index is 0.699. The van der Waals surface area contributed by atoms with Crippen LogP contribution < -0.4 is 0 Å². The van der Waals surface area contributed by atoms with Crippen molar-refractivity contribution in [2.75, 3.05) is 11.5 Å². The van der Waals surface area contributed by atoms with Gasteiger partial charge >= 0.3 is 0 Å². The molecule has 3 fully saturated rings. The van der Waals surface area contributed by atoms with Crippen LogP contribution >= 0.6 is 10.0 Å². The lowest BCUT2D eigenvalue weighted by molar-refractivity contribution is 0.884. The van der Waals surface area contributed by atoms with Crippen molar-refractivity contribution in [1.82, 2.24) is 0 Å². The van der Waals surface area contributed by atoms with Crippen LogP contribution in [0.3, 0.4) is 0 Å². The fourth-order valence-electron chi connectivity index (χ4n) is 7.18. The normalized spacial score (nSPS) is 28.4. The lowest BCUT2D eigenvalue weighted by atomic mass is 9.99. The first-order valence-corrected chi connectivity index (χ1v) is 15.3. The van der Waals surface area contributed by atoms with Gasteiger partial charge < -0.3 is 0 Å². The average molecular weight is 441 g/mol. The Bertz CT molecular complexity index is 1070. The van der Waals surface area contributed by atoms with Gasteiger partial charge in [-0.15, -0.1) is 0 Å². The second-order valence-electron chi connectivity index (χ2n) is 10.9. The van der Waals surface area contributed by atoms with Crippen LogP contribution in [0.4, 0.5) is 0 Å². The van der Waals surface area contributed by atoms with Crippen LogP contribution in [-0.4, -0.2) is 11.5 Å². The van der Waals surface area contributed by atoms with Gasteiger partial charge in [0.15, 0.2) is 0 Å². The molecule has 0 amide bonds. The van der Waals surface area contributed by atoms with E-state index in [0.717, 1.165) is 11.8 Å². The molecule has 2 atom stereocenters. The summed E-state index contributed by atoms with van der Waals surface area (Å²) in [7, 11) is -0.783. The largest absolute Gasteiger partial charge is 0.220 e. The molecule has 5 aliphatic rings. The van der Waals surface area contributed by atoms with Crippen molar-refractivity contribution in [1.29, 1.82) is 0 Å². The summed E-state index contributed by atoms with van der Waals surface area (Å²) in [4.78, 5) is 0. The van der Waals surface area contributed by atoms with Gasteiger partial charge in [0.1, 0.15) is 0 Å². The van der Waals surface area contributed by atoms with Gasteiger partial charge in [-0.3, -0.25) is 0 Å². The summed E-state index contributed by atoms with van der Waals surface area (Å²) < 4.78 is 0. The fourth-order valence-corrected chi connectivity index (χ4v) is 12.5. The van der Waals surface area contributed by atoms with Crippen molar-refractivity contribution in [2.45, 2.75) is 81.1 Å². The lowest BCUT2D eigenvalue weighted by Gasteiger charge is -2.58. The van der Waals surface area contributed by atoms with Gasteiger partial charge in [-0.1, -0.05) is 73.5 Å². The van der Waals surface area contributed by atoms with Crippen LogP contribution in [0.25, 0.3) is 12.2 Å². The van der Waals surface area contributed by atoms with E-state index in [1.54, 1.807) is 44.5 Å². The van der Waals surface area contributed by atoms with Crippen molar-refractivity contribution in [3.05, 3.63) is 80.9 Å². The maximum absolute atomic E-state index is 2.66. The molecule has 0 N–H and O–H groups in total. The minimum atomic E-state index is -0.783. The number of hydrogen-bond acceptors (Lipinski definition) is 0. The predicted molar refractivity (Wildman–Crippen MR) is 141 cm³/mol. The number of rotatable bonds is 6. The second-order valence-corrected chi connectivity index (χ2v) is 14.7. The van der Waals surface area contributed by atoms with Crippen molar-refractivity contribution in [2.24, 2.45) is 0 Å². The Labute approximate surface area is 195 Å². The summed E-state index contributed by atoms with van der Waals surface area (Å²) in [6.45, 7) is 4.83. The molecule has 2 aromatic carbocycles. The van der Waals surface area contributed by atoms with E-state index >= 15 is 0 Å². The highest BCUT2D eigenvalue weighted by molar-refractivity contribution is 8.35. The number of fused-ring (bicyclic) bond motifs is 2. The third-order valence-electron chi connectivity index (χ3n) is 9.08. The van der Waals surface area contributed by atoms with E-state index in [0.29, 0.717) is 10.5 Å². The molecule has 2 unspecified atom stereocenters. The van der Waals surface area contributed by atoms with Crippen LogP contribution in [0, 0.1) is 0 Å². The van der Waals surface area contributed by atoms with Gasteiger partial charge in [0.2, 0.25) is 0 Å². The molecule has 0 nitrogen and oxygen atoms in total. The summed E-state index contributed by atoms with van der Waals surface area (Å²) in [5.41, 5.74) is 13.5. The van der Waals surface area contributed by atoms with Crippen molar-refractivity contribution >= 4 is 22.2 Å². The Hall–Kier alpha value is -1.73. The summed E-state index contributed by atoms with van der Waals surface area (Å²) >= 11 is 0. The molecule has 4 aliphatic carbocycles. The topological polar surface area (TPSA) is 0 Å². The van der Waals surface area contributed by atoms with Gasteiger partial charge in [-0.2, -0.15) is 0 Å². The molecule has 166 valence electrons. The van der Waals surface area contributed by atoms with Gasteiger partial charge in [0, 0.05) is 10.5 Å². The van der Waals surface area contributed by atoms with E-state index in [9.17, 15) is 0 Å². The minimum Gasteiger partial charge on any atom is -0.220 e. The third-order valence-corrected chi connectivity index (χ3v) is 14.2. The van der Waals surface area contributed by atoms with Crippen LogP contribution in [0.15, 0.2) is 47.5 Å².